The normalized spacial score (nSPS) is 12.6. The summed E-state index contributed by atoms with van der Waals surface area (Å²) in [5.74, 6) is 0. The zero-order chi connectivity index (χ0) is 11.4. The van der Waals surface area contributed by atoms with Gasteiger partial charge in [0.2, 0.25) is 0 Å². The van der Waals surface area contributed by atoms with Crippen molar-refractivity contribution in [3.63, 3.8) is 0 Å². The molecule has 2 rings (SSSR count). The van der Waals surface area contributed by atoms with Crippen LogP contribution in [0.25, 0.3) is 0 Å². The molecule has 0 aliphatic rings. The summed E-state index contributed by atoms with van der Waals surface area (Å²) in [5.41, 5.74) is 2.18. The zero-order valence-corrected chi connectivity index (χ0v) is 9.83. The van der Waals surface area contributed by atoms with Crippen molar-refractivity contribution in [3.8, 4) is 0 Å². The van der Waals surface area contributed by atoms with Crippen LogP contribution in [0.3, 0.4) is 0 Å². The average Bonchev–Trinajstić information content (AvgIpc) is 2.79. The molecule has 0 fully saturated rings. The number of nitrogens with zero attached hydrogens (tertiary/aromatic N) is 1. The maximum absolute atomic E-state index is 6.12. The third-order valence-corrected chi connectivity index (χ3v) is 2.87. The van der Waals surface area contributed by atoms with Gasteiger partial charge in [0.1, 0.15) is 0 Å². The van der Waals surface area contributed by atoms with Crippen molar-refractivity contribution in [2.75, 3.05) is 0 Å². The Morgan fingerprint density at radius 1 is 1.38 bits per heavy atom. The number of hydrogen-bond acceptors (Lipinski definition) is 2. The molecule has 0 aliphatic heterocycles. The quantitative estimate of drug-likeness (QED) is 0.856. The van der Waals surface area contributed by atoms with E-state index in [-0.39, 0.29) is 6.04 Å². The SMILES string of the molecule is CC(NCc1ccn[nH]1)c1ccccc1Cl. The van der Waals surface area contributed by atoms with Crippen LogP contribution in [0.2, 0.25) is 5.02 Å². The molecule has 1 heterocycles. The van der Waals surface area contributed by atoms with E-state index in [1.165, 1.54) is 0 Å². The second-order valence-corrected chi connectivity index (χ2v) is 4.11. The van der Waals surface area contributed by atoms with Gasteiger partial charge in [-0.2, -0.15) is 5.10 Å². The van der Waals surface area contributed by atoms with Gasteiger partial charge < -0.3 is 5.32 Å². The lowest BCUT2D eigenvalue weighted by molar-refractivity contribution is 0.567. The summed E-state index contributed by atoms with van der Waals surface area (Å²) in [6.07, 6.45) is 1.75. The molecule has 84 valence electrons. The Morgan fingerprint density at radius 3 is 2.88 bits per heavy atom. The Hall–Kier alpha value is -1.32. The molecule has 3 nitrogen and oxygen atoms in total. The molecule has 1 aromatic heterocycles. The van der Waals surface area contributed by atoms with Crippen LogP contribution in [-0.4, -0.2) is 10.2 Å². The van der Waals surface area contributed by atoms with Crippen molar-refractivity contribution in [2.45, 2.75) is 19.5 Å². The Bertz CT molecular complexity index is 439. The summed E-state index contributed by atoms with van der Waals surface area (Å²) in [6.45, 7) is 2.85. The van der Waals surface area contributed by atoms with Crippen LogP contribution >= 0.6 is 11.6 Å². The predicted molar refractivity (Wildman–Crippen MR) is 65.3 cm³/mol. The van der Waals surface area contributed by atoms with Crippen LogP contribution in [0.4, 0.5) is 0 Å². The lowest BCUT2D eigenvalue weighted by atomic mass is 10.1. The second-order valence-electron chi connectivity index (χ2n) is 3.71. The molecule has 16 heavy (non-hydrogen) atoms. The first-order chi connectivity index (χ1) is 7.77. The van der Waals surface area contributed by atoms with Crippen LogP contribution in [-0.2, 0) is 6.54 Å². The van der Waals surface area contributed by atoms with E-state index in [0.29, 0.717) is 0 Å². The standard InChI is InChI=1S/C12H14ClN3/c1-9(11-4-2-3-5-12(11)13)14-8-10-6-7-15-16-10/h2-7,9,14H,8H2,1H3,(H,15,16). The molecule has 0 saturated heterocycles. The Kier molecular flexibility index (Phi) is 3.59. The highest BCUT2D eigenvalue weighted by Crippen LogP contribution is 2.22. The fourth-order valence-electron chi connectivity index (χ4n) is 1.58. The van der Waals surface area contributed by atoms with Gasteiger partial charge in [0.25, 0.3) is 0 Å². The summed E-state index contributed by atoms with van der Waals surface area (Å²) in [5, 5.41) is 11.0. The van der Waals surface area contributed by atoms with Crippen molar-refractivity contribution >= 4 is 11.6 Å². The topological polar surface area (TPSA) is 40.7 Å². The third kappa shape index (κ3) is 2.62. The van der Waals surface area contributed by atoms with E-state index in [1.807, 2.05) is 30.3 Å². The number of benzene rings is 1. The molecule has 0 saturated carbocycles. The lowest BCUT2D eigenvalue weighted by Crippen LogP contribution is -2.18. The fraction of sp³-hybridized carbons (Fsp3) is 0.250. The molecule has 2 N–H and O–H groups in total. The molecule has 4 heteroatoms. The first-order valence-corrected chi connectivity index (χ1v) is 5.61. The molecule has 0 aliphatic carbocycles. The van der Waals surface area contributed by atoms with Gasteiger partial charge in [-0.25, -0.2) is 0 Å². The van der Waals surface area contributed by atoms with Crippen LogP contribution in [0.5, 0.6) is 0 Å². The minimum atomic E-state index is 0.219. The Morgan fingerprint density at radius 2 is 2.19 bits per heavy atom. The summed E-state index contributed by atoms with van der Waals surface area (Å²) in [7, 11) is 0. The lowest BCUT2D eigenvalue weighted by Gasteiger charge is -2.14. The van der Waals surface area contributed by atoms with Crippen LogP contribution in [0.1, 0.15) is 24.2 Å². The van der Waals surface area contributed by atoms with E-state index >= 15 is 0 Å². The van der Waals surface area contributed by atoms with Crippen molar-refractivity contribution < 1.29 is 0 Å². The minimum absolute atomic E-state index is 0.219. The summed E-state index contributed by atoms with van der Waals surface area (Å²) < 4.78 is 0. The van der Waals surface area contributed by atoms with Gasteiger partial charge in [-0.05, 0) is 24.6 Å². The molecule has 2 aromatic rings. The minimum Gasteiger partial charge on any atom is -0.305 e. The highest BCUT2D eigenvalue weighted by molar-refractivity contribution is 6.31. The molecule has 0 radical (unpaired) electrons. The molecular weight excluding hydrogens is 222 g/mol. The summed E-state index contributed by atoms with van der Waals surface area (Å²) in [4.78, 5) is 0. The summed E-state index contributed by atoms with van der Waals surface area (Å²) in [6, 6.07) is 10.0. The molecule has 1 aromatic carbocycles. The Labute approximate surface area is 99.8 Å². The highest BCUT2D eigenvalue weighted by Gasteiger charge is 2.08. The third-order valence-electron chi connectivity index (χ3n) is 2.53. The number of nitrogens with one attached hydrogen (secondary N) is 2. The van der Waals surface area contributed by atoms with Crippen molar-refractivity contribution in [1.29, 1.82) is 0 Å². The van der Waals surface area contributed by atoms with Gasteiger partial charge >= 0.3 is 0 Å². The van der Waals surface area contributed by atoms with Gasteiger partial charge in [0, 0.05) is 29.5 Å². The number of H-pyrrole nitrogens is 1. The molecule has 0 amide bonds. The van der Waals surface area contributed by atoms with Gasteiger partial charge in [-0.1, -0.05) is 29.8 Å². The van der Waals surface area contributed by atoms with E-state index in [2.05, 4.69) is 22.4 Å². The number of halogens is 1. The van der Waals surface area contributed by atoms with E-state index in [9.17, 15) is 0 Å². The maximum atomic E-state index is 6.12. The largest absolute Gasteiger partial charge is 0.305 e. The fourth-order valence-corrected chi connectivity index (χ4v) is 1.88. The first kappa shape index (κ1) is 11.2. The van der Waals surface area contributed by atoms with Crippen molar-refractivity contribution in [3.05, 3.63) is 52.8 Å². The van der Waals surface area contributed by atoms with Gasteiger partial charge in [-0.3, -0.25) is 5.10 Å². The van der Waals surface area contributed by atoms with E-state index in [4.69, 9.17) is 11.6 Å². The smallest absolute Gasteiger partial charge is 0.0490 e. The van der Waals surface area contributed by atoms with Gasteiger partial charge in [-0.15, -0.1) is 0 Å². The molecule has 1 unspecified atom stereocenters. The average molecular weight is 236 g/mol. The highest BCUT2D eigenvalue weighted by atomic mass is 35.5. The number of hydrogen-bond donors (Lipinski definition) is 2. The van der Waals surface area contributed by atoms with Gasteiger partial charge in [0.05, 0.1) is 0 Å². The monoisotopic (exact) mass is 235 g/mol. The van der Waals surface area contributed by atoms with Crippen molar-refractivity contribution in [1.82, 2.24) is 15.5 Å². The summed E-state index contributed by atoms with van der Waals surface area (Å²) >= 11 is 6.12. The van der Waals surface area contributed by atoms with Gasteiger partial charge in [0.15, 0.2) is 0 Å². The predicted octanol–water partition coefficient (Wildman–Crippen LogP) is 2.91. The van der Waals surface area contributed by atoms with E-state index < -0.39 is 0 Å². The van der Waals surface area contributed by atoms with Crippen LogP contribution < -0.4 is 5.32 Å². The van der Waals surface area contributed by atoms with Crippen LogP contribution in [0.15, 0.2) is 36.5 Å². The number of rotatable bonds is 4. The van der Waals surface area contributed by atoms with Crippen molar-refractivity contribution in [2.24, 2.45) is 0 Å². The first-order valence-electron chi connectivity index (χ1n) is 5.23. The number of aromatic amines is 1. The second kappa shape index (κ2) is 5.14. The Balaban J connectivity index is 1.98. The van der Waals surface area contributed by atoms with E-state index in [1.54, 1.807) is 6.20 Å². The molecule has 0 bridgehead atoms. The van der Waals surface area contributed by atoms with Crippen LogP contribution in [0, 0.1) is 0 Å². The molecule has 1 atom stereocenters. The zero-order valence-electron chi connectivity index (χ0n) is 9.07. The van der Waals surface area contributed by atoms with E-state index in [0.717, 1.165) is 22.8 Å². The molecular formula is C12H14ClN3. The maximum Gasteiger partial charge on any atom is 0.0490 e. The number of aromatic nitrogens is 2. The molecule has 0 spiro atoms.